The number of benzene rings is 1. The Labute approximate surface area is 98.1 Å². The second-order valence-electron chi connectivity index (χ2n) is 3.87. The SMILES string of the molecule is Cc1[nH]c(=O)c(CN)cc1-c1ccc(F)cc1. The Balaban J connectivity index is 2.59. The molecule has 1 aromatic carbocycles. The van der Waals surface area contributed by atoms with Crippen molar-refractivity contribution < 1.29 is 4.39 Å². The predicted molar refractivity (Wildman–Crippen MR) is 65.1 cm³/mol. The minimum Gasteiger partial charge on any atom is -0.326 e. The molecule has 0 saturated heterocycles. The van der Waals surface area contributed by atoms with Crippen LogP contribution in [0.4, 0.5) is 4.39 Å². The number of H-pyrrole nitrogens is 1. The molecule has 0 amide bonds. The highest BCUT2D eigenvalue weighted by Crippen LogP contribution is 2.22. The quantitative estimate of drug-likeness (QED) is 0.831. The van der Waals surface area contributed by atoms with Crippen LogP contribution >= 0.6 is 0 Å². The molecular weight excluding hydrogens is 219 g/mol. The van der Waals surface area contributed by atoms with Crippen LogP contribution in [0.5, 0.6) is 0 Å². The Hall–Kier alpha value is -1.94. The zero-order valence-corrected chi connectivity index (χ0v) is 9.46. The monoisotopic (exact) mass is 232 g/mol. The van der Waals surface area contributed by atoms with Crippen molar-refractivity contribution in [1.29, 1.82) is 0 Å². The summed E-state index contributed by atoms with van der Waals surface area (Å²) in [6, 6.07) is 7.89. The van der Waals surface area contributed by atoms with Gasteiger partial charge < -0.3 is 10.7 Å². The van der Waals surface area contributed by atoms with Crippen molar-refractivity contribution in [1.82, 2.24) is 4.98 Å². The van der Waals surface area contributed by atoms with Crippen LogP contribution < -0.4 is 11.3 Å². The second-order valence-corrected chi connectivity index (χ2v) is 3.87. The normalized spacial score (nSPS) is 10.5. The van der Waals surface area contributed by atoms with Crippen LogP contribution in [0, 0.1) is 12.7 Å². The molecule has 3 nitrogen and oxygen atoms in total. The zero-order valence-electron chi connectivity index (χ0n) is 9.46. The van der Waals surface area contributed by atoms with Gasteiger partial charge in [0.05, 0.1) is 0 Å². The van der Waals surface area contributed by atoms with Crippen molar-refractivity contribution in [3.8, 4) is 11.1 Å². The number of rotatable bonds is 2. The van der Waals surface area contributed by atoms with Gasteiger partial charge in [0.2, 0.25) is 0 Å². The number of nitrogens with one attached hydrogen (secondary N) is 1. The topological polar surface area (TPSA) is 58.9 Å². The van der Waals surface area contributed by atoms with Gasteiger partial charge in [0.1, 0.15) is 5.82 Å². The Morgan fingerprint density at radius 1 is 1.29 bits per heavy atom. The van der Waals surface area contributed by atoms with Gasteiger partial charge in [-0.2, -0.15) is 0 Å². The minimum absolute atomic E-state index is 0.170. The van der Waals surface area contributed by atoms with E-state index in [0.717, 1.165) is 16.8 Å². The van der Waals surface area contributed by atoms with Crippen molar-refractivity contribution in [3.63, 3.8) is 0 Å². The van der Waals surface area contributed by atoms with E-state index in [1.165, 1.54) is 12.1 Å². The van der Waals surface area contributed by atoms with Crippen LogP contribution in [0.15, 0.2) is 35.1 Å². The number of aromatic amines is 1. The average Bonchev–Trinajstić information content (AvgIpc) is 2.31. The van der Waals surface area contributed by atoms with E-state index in [4.69, 9.17) is 5.73 Å². The van der Waals surface area contributed by atoms with Crippen LogP contribution in [0.1, 0.15) is 11.3 Å². The van der Waals surface area contributed by atoms with Crippen LogP contribution in [-0.4, -0.2) is 4.98 Å². The van der Waals surface area contributed by atoms with Gasteiger partial charge in [-0.15, -0.1) is 0 Å². The van der Waals surface area contributed by atoms with Crippen LogP contribution in [0.25, 0.3) is 11.1 Å². The second kappa shape index (κ2) is 4.51. The molecule has 3 N–H and O–H groups in total. The molecule has 0 bridgehead atoms. The molecule has 4 heteroatoms. The van der Waals surface area contributed by atoms with Gasteiger partial charge in [-0.25, -0.2) is 4.39 Å². The Kier molecular flexibility index (Phi) is 3.06. The van der Waals surface area contributed by atoms with Gasteiger partial charge in [-0.3, -0.25) is 4.79 Å². The minimum atomic E-state index is -0.283. The van der Waals surface area contributed by atoms with E-state index in [1.54, 1.807) is 25.1 Å². The van der Waals surface area contributed by atoms with Gasteiger partial charge in [0, 0.05) is 23.4 Å². The maximum absolute atomic E-state index is 12.8. The first kappa shape index (κ1) is 11.5. The molecule has 0 saturated carbocycles. The highest BCUT2D eigenvalue weighted by molar-refractivity contribution is 5.66. The van der Waals surface area contributed by atoms with Gasteiger partial charge in [0.25, 0.3) is 5.56 Å². The fourth-order valence-corrected chi connectivity index (χ4v) is 1.75. The van der Waals surface area contributed by atoms with Crippen molar-refractivity contribution in [2.45, 2.75) is 13.5 Å². The van der Waals surface area contributed by atoms with Crippen molar-refractivity contribution in [2.75, 3.05) is 0 Å². The van der Waals surface area contributed by atoms with Crippen molar-refractivity contribution in [2.24, 2.45) is 5.73 Å². The van der Waals surface area contributed by atoms with E-state index in [9.17, 15) is 9.18 Å². The van der Waals surface area contributed by atoms with Gasteiger partial charge in [0.15, 0.2) is 0 Å². The van der Waals surface area contributed by atoms with Gasteiger partial charge in [-0.1, -0.05) is 12.1 Å². The smallest absolute Gasteiger partial charge is 0.252 e. The molecule has 0 radical (unpaired) electrons. The average molecular weight is 232 g/mol. The number of hydrogen-bond donors (Lipinski definition) is 2. The molecule has 0 aliphatic carbocycles. The first-order chi connectivity index (χ1) is 8.11. The van der Waals surface area contributed by atoms with E-state index in [-0.39, 0.29) is 17.9 Å². The lowest BCUT2D eigenvalue weighted by Crippen LogP contribution is -2.17. The lowest BCUT2D eigenvalue weighted by atomic mass is 10.0. The summed E-state index contributed by atoms with van der Waals surface area (Å²) in [6.45, 7) is 1.99. The third-order valence-electron chi connectivity index (χ3n) is 2.69. The first-order valence-electron chi connectivity index (χ1n) is 5.30. The fraction of sp³-hybridized carbons (Fsp3) is 0.154. The van der Waals surface area contributed by atoms with E-state index in [1.807, 2.05) is 0 Å². The number of halogens is 1. The molecular formula is C13H13FN2O. The largest absolute Gasteiger partial charge is 0.326 e. The lowest BCUT2D eigenvalue weighted by Gasteiger charge is -2.07. The molecule has 1 aromatic heterocycles. The van der Waals surface area contributed by atoms with E-state index in [0.29, 0.717) is 5.56 Å². The highest BCUT2D eigenvalue weighted by atomic mass is 19.1. The summed E-state index contributed by atoms with van der Waals surface area (Å²) in [5.41, 5.74) is 8.32. The third kappa shape index (κ3) is 2.26. The van der Waals surface area contributed by atoms with Crippen LogP contribution in [-0.2, 0) is 6.54 Å². The number of hydrogen-bond acceptors (Lipinski definition) is 2. The Morgan fingerprint density at radius 3 is 2.53 bits per heavy atom. The molecule has 17 heavy (non-hydrogen) atoms. The highest BCUT2D eigenvalue weighted by Gasteiger charge is 2.06. The molecule has 1 heterocycles. The first-order valence-corrected chi connectivity index (χ1v) is 5.30. The molecule has 0 aliphatic rings. The summed E-state index contributed by atoms with van der Waals surface area (Å²) in [5, 5.41) is 0. The molecule has 2 rings (SSSR count). The predicted octanol–water partition coefficient (Wildman–Crippen LogP) is 1.95. The van der Waals surface area contributed by atoms with E-state index in [2.05, 4.69) is 4.98 Å². The Morgan fingerprint density at radius 2 is 1.94 bits per heavy atom. The molecule has 0 unspecified atom stereocenters. The third-order valence-corrected chi connectivity index (χ3v) is 2.69. The number of aromatic nitrogens is 1. The summed E-state index contributed by atoms with van der Waals surface area (Å²) in [6.07, 6.45) is 0. The summed E-state index contributed by atoms with van der Waals surface area (Å²) < 4.78 is 12.8. The van der Waals surface area contributed by atoms with E-state index >= 15 is 0 Å². The molecule has 0 spiro atoms. The standard InChI is InChI=1S/C13H13FN2O/c1-8-12(6-10(7-15)13(17)16-8)9-2-4-11(14)5-3-9/h2-6H,7,15H2,1H3,(H,16,17). The van der Waals surface area contributed by atoms with Gasteiger partial charge in [-0.05, 0) is 30.7 Å². The molecule has 0 aliphatic heterocycles. The van der Waals surface area contributed by atoms with Gasteiger partial charge >= 0.3 is 0 Å². The summed E-state index contributed by atoms with van der Waals surface area (Å²) >= 11 is 0. The fourth-order valence-electron chi connectivity index (χ4n) is 1.75. The van der Waals surface area contributed by atoms with Crippen molar-refractivity contribution >= 4 is 0 Å². The molecule has 2 aromatic rings. The van der Waals surface area contributed by atoms with Crippen molar-refractivity contribution in [3.05, 3.63) is 57.8 Å². The molecule has 0 fully saturated rings. The lowest BCUT2D eigenvalue weighted by molar-refractivity contribution is 0.628. The maximum Gasteiger partial charge on any atom is 0.252 e. The van der Waals surface area contributed by atoms with Crippen LogP contribution in [0.2, 0.25) is 0 Å². The summed E-state index contributed by atoms with van der Waals surface area (Å²) in [4.78, 5) is 14.3. The molecule has 0 atom stereocenters. The maximum atomic E-state index is 12.8. The number of nitrogens with two attached hydrogens (primary N) is 1. The van der Waals surface area contributed by atoms with Crippen LogP contribution in [0.3, 0.4) is 0 Å². The Bertz CT molecular complexity index is 587. The summed E-state index contributed by atoms with van der Waals surface area (Å²) in [5.74, 6) is -0.283. The zero-order chi connectivity index (χ0) is 12.4. The van der Waals surface area contributed by atoms with E-state index < -0.39 is 0 Å². The number of aryl methyl sites for hydroxylation is 1. The summed E-state index contributed by atoms with van der Waals surface area (Å²) in [7, 11) is 0. The molecule has 88 valence electrons. The number of pyridine rings is 1.